The van der Waals surface area contributed by atoms with E-state index in [-0.39, 0.29) is 18.1 Å². The SMILES string of the molecule is Nc1cccc(C(=O)CNc2ccccc2F)c1. The minimum atomic E-state index is -0.377. The highest BCUT2D eigenvalue weighted by atomic mass is 19.1. The molecule has 0 spiro atoms. The van der Waals surface area contributed by atoms with E-state index in [2.05, 4.69) is 5.32 Å². The van der Waals surface area contributed by atoms with Gasteiger partial charge in [-0.25, -0.2) is 4.39 Å². The molecule has 0 radical (unpaired) electrons. The van der Waals surface area contributed by atoms with Gasteiger partial charge in [-0.3, -0.25) is 4.79 Å². The summed E-state index contributed by atoms with van der Waals surface area (Å²) >= 11 is 0. The third kappa shape index (κ3) is 2.85. The first-order chi connectivity index (χ1) is 8.66. The van der Waals surface area contributed by atoms with Crippen LogP contribution in [0.3, 0.4) is 0 Å². The standard InChI is InChI=1S/C14H13FN2O/c15-12-6-1-2-7-13(12)17-9-14(18)10-4-3-5-11(16)8-10/h1-8,17H,9,16H2. The van der Waals surface area contributed by atoms with E-state index in [1.807, 2.05) is 0 Å². The van der Waals surface area contributed by atoms with Crippen LogP contribution in [0.5, 0.6) is 0 Å². The zero-order chi connectivity index (χ0) is 13.0. The van der Waals surface area contributed by atoms with Crippen LogP contribution in [0.4, 0.5) is 15.8 Å². The lowest BCUT2D eigenvalue weighted by Gasteiger charge is -2.07. The zero-order valence-electron chi connectivity index (χ0n) is 9.69. The van der Waals surface area contributed by atoms with Crippen molar-refractivity contribution in [2.45, 2.75) is 0 Å². The Bertz CT molecular complexity index is 569. The molecular weight excluding hydrogens is 231 g/mol. The Morgan fingerprint density at radius 3 is 2.67 bits per heavy atom. The van der Waals surface area contributed by atoms with E-state index < -0.39 is 0 Å². The molecule has 0 unspecified atom stereocenters. The number of hydrogen-bond acceptors (Lipinski definition) is 3. The average molecular weight is 244 g/mol. The molecule has 2 aromatic rings. The predicted octanol–water partition coefficient (Wildman–Crippen LogP) is 2.70. The number of rotatable bonds is 4. The number of ketones is 1. The molecule has 0 aromatic heterocycles. The lowest BCUT2D eigenvalue weighted by molar-refractivity contribution is 0.101. The molecule has 92 valence electrons. The molecule has 0 aliphatic heterocycles. The predicted molar refractivity (Wildman–Crippen MR) is 70.1 cm³/mol. The van der Waals surface area contributed by atoms with Crippen LogP contribution in [-0.2, 0) is 0 Å². The van der Waals surface area contributed by atoms with E-state index in [1.165, 1.54) is 6.07 Å². The minimum Gasteiger partial charge on any atom is -0.399 e. The van der Waals surface area contributed by atoms with Crippen LogP contribution in [-0.4, -0.2) is 12.3 Å². The number of anilines is 2. The van der Waals surface area contributed by atoms with Crippen LogP contribution in [0.15, 0.2) is 48.5 Å². The van der Waals surface area contributed by atoms with Gasteiger partial charge in [0.1, 0.15) is 5.82 Å². The molecule has 0 amide bonds. The van der Waals surface area contributed by atoms with Crippen molar-refractivity contribution in [3.05, 3.63) is 59.9 Å². The second kappa shape index (κ2) is 5.31. The third-order valence-corrected chi connectivity index (χ3v) is 2.52. The number of hydrogen-bond donors (Lipinski definition) is 2. The quantitative estimate of drug-likeness (QED) is 0.642. The first kappa shape index (κ1) is 12.1. The summed E-state index contributed by atoms with van der Waals surface area (Å²) in [5.41, 5.74) is 6.96. The molecule has 2 rings (SSSR count). The maximum atomic E-state index is 13.3. The molecule has 0 aliphatic carbocycles. The number of nitrogen functional groups attached to an aromatic ring is 1. The summed E-state index contributed by atoms with van der Waals surface area (Å²) in [6.45, 7) is 0.0321. The number of carbonyl (C=O) groups is 1. The zero-order valence-corrected chi connectivity index (χ0v) is 9.69. The Balaban J connectivity index is 2.03. The van der Waals surface area contributed by atoms with Crippen molar-refractivity contribution in [1.29, 1.82) is 0 Å². The first-order valence-electron chi connectivity index (χ1n) is 5.54. The summed E-state index contributed by atoms with van der Waals surface area (Å²) in [4.78, 5) is 11.8. The van der Waals surface area contributed by atoms with Crippen LogP contribution in [0.25, 0.3) is 0 Å². The molecule has 0 saturated carbocycles. The van der Waals surface area contributed by atoms with Crippen molar-refractivity contribution in [2.75, 3.05) is 17.6 Å². The van der Waals surface area contributed by atoms with Gasteiger partial charge in [0.05, 0.1) is 12.2 Å². The van der Waals surface area contributed by atoms with E-state index in [0.29, 0.717) is 16.9 Å². The molecular formula is C14H13FN2O. The molecule has 0 saturated heterocycles. The maximum Gasteiger partial charge on any atom is 0.181 e. The van der Waals surface area contributed by atoms with Crippen LogP contribution in [0.1, 0.15) is 10.4 Å². The molecule has 0 bridgehead atoms. The van der Waals surface area contributed by atoms with E-state index in [0.717, 1.165) is 0 Å². The van der Waals surface area contributed by atoms with E-state index in [1.54, 1.807) is 42.5 Å². The summed E-state index contributed by atoms with van der Waals surface area (Å²) in [6.07, 6.45) is 0. The van der Waals surface area contributed by atoms with Gasteiger partial charge in [-0.2, -0.15) is 0 Å². The van der Waals surface area contributed by atoms with Gasteiger partial charge in [-0.1, -0.05) is 24.3 Å². The Hall–Kier alpha value is -2.36. The number of nitrogens with one attached hydrogen (secondary N) is 1. The molecule has 3 N–H and O–H groups in total. The molecule has 4 heteroatoms. The molecule has 0 atom stereocenters. The summed E-state index contributed by atoms with van der Waals surface area (Å²) in [5.74, 6) is -0.511. The Labute approximate surface area is 104 Å². The van der Waals surface area contributed by atoms with Crippen LogP contribution >= 0.6 is 0 Å². The van der Waals surface area contributed by atoms with E-state index >= 15 is 0 Å². The van der Waals surface area contributed by atoms with Crippen molar-refractivity contribution >= 4 is 17.2 Å². The largest absolute Gasteiger partial charge is 0.399 e. The number of halogens is 1. The molecule has 18 heavy (non-hydrogen) atoms. The number of benzene rings is 2. The van der Waals surface area contributed by atoms with Crippen molar-refractivity contribution in [3.8, 4) is 0 Å². The van der Waals surface area contributed by atoms with Gasteiger partial charge >= 0.3 is 0 Å². The van der Waals surface area contributed by atoms with Gasteiger partial charge in [0, 0.05) is 11.3 Å². The number of para-hydroxylation sites is 1. The van der Waals surface area contributed by atoms with Crippen molar-refractivity contribution < 1.29 is 9.18 Å². The van der Waals surface area contributed by atoms with Crippen molar-refractivity contribution in [3.63, 3.8) is 0 Å². The first-order valence-corrected chi connectivity index (χ1v) is 5.54. The fraction of sp³-hybridized carbons (Fsp3) is 0.0714. The van der Waals surface area contributed by atoms with Crippen LogP contribution in [0.2, 0.25) is 0 Å². The van der Waals surface area contributed by atoms with Gasteiger partial charge in [-0.15, -0.1) is 0 Å². The van der Waals surface area contributed by atoms with Crippen LogP contribution in [0, 0.1) is 5.82 Å². The third-order valence-electron chi connectivity index (χ3n) is 2.52. The topological polar surface area (TPSA) is 55.1 Å². The second-order valence-corrected chi connectivity index (χ2v) is 3.88. The Morgan fingerprint density at radius 1 is 1.17 bits per heavy atom. The van der Waals surface area contributed by atoms with Crippen LogP contribution < -0.4 is 11.1 Å². The van der Waals surface area contributed by atoms with E-state index in [4.69, 9.17) is 5.73 Å². The van der Waals surface area contributed by atoms with Gasteiger partial charge in [0.15, 0.2) is 5.78 Å². The second-order valence-electron chi connectivity index (χ2n) is 3.88. The highest BCUT2D eigenvalue weighted by molar-refractivity contribution is 5.99. The fourth-order valence-corrected chi connectivity index (χ4v) is 1.59. The fourth-order valence-electron chi connectivity index (χ4n) is 1.59. The number of nitrogens with two attached hydrogens (primary N) is 1. The summed E-state index contributed by atoms with van der Waals surface area (Å²) in [7, 11) is 0. The minimum absolute atomic E-state index is 0.0321. The van der Waals surface area contributed by atoms with E-state index in [9.17, 15) is 9.18 Å². The maximum absolute atomic E-state index is 13.3. The smallest absolute Gasteiger partial charge is 0.181 e. The highest BCUT2D eigenvalue weighted by Gasteiger charge is 2.07. The van der Waals surface area contributed by atoms with Crippen molar-refractivity contribution in [2.24, 2.45) is 0 Å². The van der Waals surface area contributed by atoms with Gasteiger partial charge < -0.3 is 11.1 Å². The summed E-state index contributed by atoms with van der Waals surface area (Å²) in [5, 5.41) is 2.77. The van der Waals surface area contributed by atoms with Crippen molar-refractivity contribution in [1.82, 2.24) is 0 Å². The molecule has 2 aromatic carbocycles. The lowest BCUT2D eigenvalue weighted by atomic mass is 10.1. The Morgan fingerprint density at radius 2 is 1.94 bits per heavy atom. The Kier molecular flexibility index (Phi) is 3.57. The van der Waals surface area contributed by atoms with Gasteiger partial charge in [0.2, 0.25) is 0 Å². The lowest BCUT2D eigenvalue weighted by Crippen LogP contribution is -2.14. The monoisotopic (exact) mass is 244 g/mol. The van der Waals surface area contributed by atoms with Gasteiger partial charge in [0.25, 0.3) is 0 Å². The summed E-state index contributed by atoms with van der Waals surface area (Å²) in [6, 6.07) is 12.9. The molecule has 0 heterocycles. The molecule has 0 aliphatic rings. The molecule has 0 fully saturated rings. The molecule has 3 nitrogen and oxygen atoms in total. The number of carbonyl (C=O) groups excluding carboxylic acids is 1. The summed E-state index contributed by atoms with van der Waals surface area (Å²) < 4.78 is 13.3. The van der Waals surface area contributed by atoms with Gasteiger partial charge in [-0.05, 0) is 24.3 Å². The highest BCUT2D eigenvalue weighted by Crippen LogP contribution is 2.13. The normalized spacial score (nSPS) is 10.1. The number of Topliss-reactive ketones (excluding diaryl/α,β-unsaturated/α-hetero) is 1. The average Bonchev–Trinajstić information content (AvgIpc) is 2.37.